The summed E-state index contributed by atoms with van der Waals surface area (Å²) in [5.74, 6) is 0. The number of hydrogen-bond donors (Lipinski definition) is 1. The lowest BCUT2D eigenvalue weighted by Crippen LogP contribution is -1.94. The van der Waals surface area contributed by atoms with Crippen molar-refractivity contribution in [1.29, 1.82) is 0 Å². The molecule has 14 heavy (non-hydrogen) atoms. The molecule has 0 radical (unpaired) electrons. The van der Waals surface area contributed by atoms with Crippen molar-refractivity contribution in [2.75, 3.05) is 12.8 Å². The van der Waals surface area contributed by atoms with Crippen molar-refractivity contribution in [3.05, 3.63) is 34.9 Å². The summed E-state index contributed by atoms with van der Waals surface area (Å²) in [5, 5.41) is 0.648. The molecule has 0 spiro atoms. The molecule has 2 N–H and O–H groups in total. The number of nitrogens with zero attached hydrogens (tertiary/aromatic N) is 1. The van der Waals surface area contributed by atoms with Crippen LogP contribution in [0.2, 0.25) is 5.02 Å². The summed E-state index contributed by atoms with van der Waals surface area (Å²) in [6, 6.07) is 5.46. The molecular formula is C11H13ClN2. The van der Waals surface area contributed by atoms with Crippen LogP contribution in [-0.2, 0) is 0 Å². The first-order chi connectivity index (χ1) is 6.69. The molecule has 0 aliphatic carbocycles. The maximum Gasteiger partial charge on any atom is 0.0426 e. The van der Waals surface area contributed by atoms with Gasteiger partial charge in [-0.15, -0.1) is 0 Å². The van der Waals surface area contributed by atoms with Crippen LogP contribution >= 0.6 is 11.6 Å². The van der Waals surface area contributed by atoms with Crippen molar-refractivity contribution >= 4 is 29.1 Å². The number of nitrogens with two attached hydrogens (primary N) is 1. The van der Waals surface area contributed by atoms with Gasteiger partial charge in [-0.2, -0.15) is 0 Å². The summed E-state index contributed by atoms with van der Waals surface area (Å²) in [5.41, 5.74) is 8.48. The lowest BCUT2D eigenvalue weighted by molar-refractivity contribution is 1.47. The van der Waals surface area contributed by atoms with E-state index in [0.717, 1.165) is 11.1 Å². The zero-order valence-electron chi connectivity index (χ0n) is 8.29. The van der Waals surface area contributed by atoms with Crippen LogP contribution in [-0.4, -0.2) is 13.3 Å². The molecule has 0 atom stereocenters. The lowest BCUT2D eigenvalue weighted by atomic mass is 10.1. The van der Waals surface area contributed by atoms with Crippen molar-refractivity contribution in [1.82, 2.24) is 0 Å². The third-order valence-corrected chi connectivity index (χ3v) is 2.14. The number of halogens is 1. The minimum absolute atomic E-state index is 0.648. The molecule has 2 nitrogen and oxygen atoms in total. The van der Waals surface area contributed by atoms with E-state index in [9.17, 15) is 0 Å². The maximum atomic E-state index is 5.84. The summed E-state index contributed by atoms with van der Waals surface area (Å²) in [7, 11) is 1.73. The van der Waals surface area contributed by atoms with Crippen LogP contribution in [0.25, 0.3) is 5.57 Å². The first-order valence-corrected chi connectivity index (χ1v) is 4.70. The molecule has 0 saturated carbocycles. The molecule has 0 unspecified atom stereocenters. The molecule has 0 bridgehead atoms. The van der Waals surface area contributed by atoms with Crippen molar-refractivity contribution in [2.45, 2.75) is 6.92 Å². The average Bonchev–Trinajstić information content (AvgIpc) is 2.15. The van der Waals surface area contributed by atoms with Crippen molar-refractivity contribution < 1.29 is 0 Å². The molecule has 1 rings (SSSR count). The molecule has 0 aromatic heterocycles. The van der Waals surface area contributed by atoms with E-state index in [1.807, 2.05) is 25.1 Å². The zero-order valence-corrected chi connectivity index (χ0v) is 9.05. The van der Waals surface area contributed by atoms with E-state index in [1.165, 1.54) is 0 Å². The third-order valence-electron chi connectivity index (χ3n) is 1.90. The highest BCUT2D eigenvalue weighted by atomic mass is 35.5. The Hall–Kier alpha value is -1.28. The second-order valence-corrected chi connectivity index (χ2v) is 3.30. The molecule has 3 heteroatoms. The fourth-order valence-electron chi connectivity index (χ4n) is 1.24. The van der Waals surface area contributed by atoms with Crippen molar-refractivity contribution in [2.24, 2.45) is 4.99 Å². The van der Waals surface area contributed by atoms with Gasteiger partial charge in [0.25, 0.3) is 0 Å². The second kappa shape index (κ2) is 4.82. The summed E-state index contributed by atoms with van der Waals surface area (Å²) >= 11 is 5.81. The maximum absolute atomic E-state index is 5.84. The summed E-state index contributed by atoms with van der Waals surface area (Å²) < 4.78 is 0. The van der Waals surface area contributed by atoms with Gasteiger partial charge in [-0.25, -0.2) is 0 Å². The number of allylic oxidation sites excluding steroid dienone is 2. The molecule has 0 amide bonds. The summed E-state index contributed by atoms with van der Waals surface area (Å²) in [4.78, 5) is 3.96. The van der Waals surface area contributed by atoms with E-state index in [4.69, 9.17) is 17.3 Å². The van der Waals surface area contributed by atoms with Crippen LogP contribution < -0.4 is 5.73 Å². The second-order valence-electron chi connectivity index (χ2n) is 2.86. The highest BCUT2D eigenvalue weighted by molar-refractivity contribution is 6.31. The molecular weight excluding hydrogens is 196 g/mol. The zero-order chi connectivity index (χ0) is 10.6. The predicted octanol–water partition coefficient (Wildman–Crippen LogP) is 3.03. The Labute approximate surface area is 89.1 Å². The number of aliphatic imine (C=N–C) groups is 1. The van der Waals surface area contributed by atoms with Crippen LogP contribution in [0.3, 0.4) is 0 Å². The van der Waals surface area contributed by atoms with Gasteiger partial charge in [0.1, 0.15) is 0 Å². The standard InChI is InChI=1S/C11H13ClN2/c1-3-8(7-14-2)10-5-4-9(12)6-11(10)13/h3-7H,13H2,1-2H3/b8-3+,14-7?. The van der Waals surface area contributed by atoms with E-state index < -0.39 is 0 Å². The van der Waals surface area contributed by atoms with Gasteiger partial charge in [0.15, 0.2) is 0 Å². The first-order valence-electron chi connectivity index (χ1n) is 4.33. The SMILES string of the molecule is C/C=C(\C=NC)c1ccc(Cl)cc1N. The molecule has 0 heterocycles. The van der Waals surface area contributed by atoms with Gasteiger partial charge in [-0.05, 0) is 24.6 Å². The Morgan fingerprint density at radius 1 is 1.50 bits per heavy atom. The number of rotatable bonds is 2. The van der Waals surface area contributed by atoms with Gasteiger partial charge < -0.3 is 5.73 Å². The quantitative estimate of drug-likeness (QED) is 0.589. The summed E-state index contributed by atoms with van der Waals surface area (Å²) in [6.07, 6.45) is 3.74. The monoisotopic (exact) mass is 208 g/mol. The molecule has 74 valence electrons. The molecule has 0 saturated heterocycles. The van der Waals surface area contributed by atoms with Crippen molar-refractivity contribution in [3.63, 3.8) is 0 Å². The molecule has 0 aliphatic heterocycles. The minimum Gasteiger partial charge on any atom is -0.398 e. The highest BCUT2D eigenvalue weighted by Crippen LogP contribution is 2.23. The molecule has 0 fully saturated rings. The van der Waals surface area contributed by atoms with E-state index >= 15 is 0 Å². The fourth-order valence-corrected chi connectivity index (χ4v) is 1.42. The van der Waals surface area contributed by atoms with Gasteiger partial charge in [-0.1, -0.05) is 23.7 Å². The molecule has 0 aliphatic rings. The number of anilines is 1. The van der Waals surface area contributed by atoms with Gasteiger partial charge in [-0.3, -0.25) is 4.99 Å². The van der Waals surface area contributed by atoms with E-state index in [2.05, 4.69) is 4.99 Å². The van der Waals surface area contributed by atoms with E-state index in [0.29, 0.717) is 10.7 Å². The van der Waals surface area contributed by atoms with Crippen LogP contribution in [0.1, 0.15) is 12.5 Å². The van der Waals surface area contributed by atoms with Crippen LogP contribution in [0.4, 0.5) is 5.69 Å². The topological polar surface area (TPSA) is 38.4 Å². The average molecular weight is 209 g/mol. The van der Waals surface area contributed by atoms with Crippen LogP contribution in [0.5, 0.6) is 0 Å². The van der Waals surface area contributed by atoms with Crippen LogP contribution in [0.15, 0.2) is 29.3 Å². The first kappa shape index (κ1) is 10.8. The van der Waals surface area contributed by atoms with E-state index in [-0.39, 0.29) is 0 Å². The van der Waals surface area contributed by atoms with Crippen molar-refractivity contribution in [3.8, 4) is 0 Å². The van der Waals surface area contributed by atoms with Gasteiger partial charge in [0.05, 0.1) is 0 Å². The summed E-state index contributed by atoms with van der Waals surface area (Å²) in [6.45, 7) is 1.95. The smallest absolute Gasteiger partial charge is 0.0426 e. The Morgan fingerprint density at radius 3 is 2.71 bits per heavy atom. The molecule has 1 aromatic carbocycles. The van der Waals surface area contributed by atoms with Gasteiger partial charge in [0, 0.05) is 29.5 Å². The highest BCUT2D eigenvalue weighted by Gasteiger charge is 2.02. The Kier molecular flexibility index (Phi) is 3.72. The fraction of sp³-hybridized carbons (Fsp3) is 0.182. The van der Waals surface area contributed by atoms with Crippen LogP contribution in [0, 0.1) is 0 Å². The number of nitrogen functional groups attached to an aromatic ring is 1. The number of benzene rings is 1. The van der Waals surface area contributed by atoms with Gasteiger partial charge in [0.2, 0.25) is 0 Å². The normalized spacial score (nSPS) is 12.4. The number of hydrogen-bond acceptors (Lipinski definition) is 2. The Morgan fingerprint density at radius 2 is 2.21 bits per heavy atom. The Balaban J connectivity index is 3.18. The molecule has 1 aromatic rings. The predicted molar refractivity (Wildman–Crippen MR) is 63.9 cm³/mol. The third kappa shape index (κ3) is 2.36. The largest absolute Gasteiger partial charge is 0.398 e. The Bertz CT molecular complexity index is 381. The lowest BCUT2D eigenvalue weighted by Gasteiger charge is -2.05. The minimum atomic E-state index is 0.648. The van der Waals surface area contributed by atoms with E-state index in [1.54, 1.807) is 19.3 Å². The van der Waals surface area contributed by atoms with Gasteiger partial charge >= 0.3 is 0 Å².